The molecule has 0 bridgehead atoms. The highest BCUT2D eigenvalue weighted by atomic mass is 32.1. The van der Waals surface area contributed by atoms with E-state index < -0.39 is 0 Å². The molecule has 3 aromatic heterocycles. The van der Waals surface area contributed by atoms with Crippen LogP contribution in [0.15, 0.2) is 6.33 Å². The number of anilines is 1. The van der Waals surface area contributed by atoms with Crippen molar-refractivity contribution in [3.05, 3.63) is 23.1 Å². The van der Waals surface area contributed by atoms with E-state index in [4.69, 9.17) is 9.97 Å². The van der Waals surface area contributed by atoms with Gasteiger partial charge in [-0.05, 0) is 42.7 Å². The van der Waals surface area contributed by atoms with Crippen molar-refractivity contribution in [1.82, 2.24) is 20.3 Å². The largest absolute Gasteiger partial charge is 0.353 e. The molecular weight excluding hydrogens is 342 g/mol. The Balaban J connectivity index is 1.74. The second kappa shape index (κ2) is 6.43. The molecule has 1 fully saturated rings. The topological polar surface area (TPSA) is 53.9 Å². The monoisotopic (exact) mass is 367 g/mol. The van der Waals surface area contributed by atoms with Gasteiger partial charge in [-0.25, -0.2) is 15.0 Å². The summed E-state index contributed by atoms with van der Waals surface area (Å²) in [5, 5.41) is 4.73. The SMILES string of the molecule is CC(C)Cc1nc2sc3c(N4CCNCC4)ncnc3c2c2c1CCC2. The van der Waals surface area contributed by atoms with Crippen LogP contribution in [0.1, 0.15) is 37.1 Å². The van der Waals surface area contributed by atoms with Crippen LogP contribution in [0.4, 0.5) is 5.82 Å². The molecule has 3 aromatic rings. The molecular formula is C20H25N5S. The highest BCUT2D eigenvalue weighted by Gasteiger charge is 2.25. The third-order valence-electron chi connectivity index (χ3n) is 5.56. The van der Waals surface area contributed by atoms with Crippen molar-refractivity contribution >= 4 is 37.6 Å². The predicted octanol–water partition coefficient (Wildman–Crippen LogP) is 3.34. The van der Waals surface area contributed by atoms with E-state index >= 15 is 0 Å². The fourth-order valence-corrected chi connectivity index (χ4v) is 5.62. The second-order valence-corrected chi connectivity index (χ2v) is 8.86. The fraction of sp³-hybridized carbons (Fsp3) is 0.550. The molecule has 1 aliphatic heterocycles. The predicted molar refractivity (Wildman–Crippen MR) is 108 cm³/mol. The number of hydrogen-bond donors (Lipinski definition) is 1. The van der Waals surface area contributed by atoms with Crippen LogP contribution in [-0.4, -0.2) is 41.1 Å². The first-order valence-electron chi connectivity index (χ1n) is 9.76. The van der Waals surface area contributed by atoms with Crippen LogP contribution in [-0.2, 0) is 19.3 Å². The molecule has 1 aliphatic carbocycles. The molecule has 1 saturated heterocycles. The maximum Gasteiger partial charge on any atom is 0.150 e. The molecule has 0 aromatic carbocycles. The number of pyridine rings is 1. The van der Waals surface area contributed by atoms with E-state index in [9.17, 15) is 0 Å². The van der Waals surface area contributed by atoms with E-state index in [-0.39, 0.29) is 0 Å². The molecule has 5 nitrogen and oxygen atoms in total. The molecule has 136 valence electrons. The van der Waals surface area contributed by atoms with Crippen LogP contribution >= 0.6 is 11.3 Å². The Morgan fingerprint density at radius 2 is 1.96 bits per heavy atom. The smallest absolute Gasteiger partial charge is 0.150 e. The van der Waals surface area contributed by atoms with Gasteiger partial charge in [0.2, 0.25) is 0 Å². The molecule has 2 aliphatic rings. The van der Waals surface area contributed by atoms with Crippen LogP contribution in [0.5, 0.6) is 0 Å². The van der Waals surface area contributed by atoms with Crippen LogP contribution in [0.2, 0.25) is 0 Å². The first-order valence-corrected chi connectivity index (χ1v) is 10.6. The molecule has 6 heteroatoms. The Labute approximate surface area is 157 Å². The summed E-state index contributed by atoms with van der Waals surface area (Å²) in [5.74, 6) is 1.73. The molecule has 0 saturated carbocycles. The van der Waals surface area contributed by atoms with Gasteiger partial charge in [0, 0.05) is 37.3 Å². The number of fused-ring (bicyclic) bond motifs is 5. The van der Waals surface area contributed by atoms with Gasteiger partial charge in [0.1, 0.15) is 17.0 Å². The number of piperazine rings is 1. The summed E-state index contributed by atoms with van der Waals surface area (Å²) in [6, 6.07) is 0. The van der Waals surface area contributed by atoms with E-state index in [0.29, 0.717) is 5.92 Å². The lowest BCUT2D eigenvalue weighted by Gasteiger charge is -2.28. The summed E-state index contributed by atoms with van der Waals surface area (Å²) in [6.07, 6.45) is 6.40. The molecule has 0 unspecified atom stereocenters. The summed E-state index contributed by atoms with van der Waals surface area (Å²) in [6.45, 7) is 8.61. The van der Waals surface area contributed by atoms with Crippen molar-refractivity contribution in [2.75, 3.05) is 31.1 Å². The van der Waals surface area contributed by atoms with Crippen molar-refractivity contribution in [1.29, 1.82) is 0 Å². The maximum atomic E-state index is 5.13. The van der Waals surface area contributed by atoms with Crippen molar-refractivity contribution in [3.63, 3.8) is 0 Å². The Morgan fingerprint density at radius 3 is 2.77 bits per heavy atom. The Morgan fingerprint density at radius 1 is 1.15 bits per heavy atom. The summed E-state index contributed by atoms with van der Waals surface area (Å²) in [7, 11) is 0. The summed E-state index contributed by atoms with van der Waals surface area (Å²) >= 11 is 1.79. The summed E-state index contributed by atoms with van der Waals surface area (Å²) in [5.41, 5.74) is 5.47. The minimum atomic E-state index is 0.634. The number of thiophene rings is 1. The Hall–Kier alpha value is -1.79. The third-order valence-corrected chi connectivity index (χ3v) is 6.63. The Kier molecular flexibility index (Phi) is 4.05. The minimum Gasteiger partial charge on any atom is -0.353 e. The van der Waals surface area contributed by atoms with Gasteiger partial charge in [-0.15, -0.1) is 11.3 Å². The maximum absolute atomic E-state index is 5.13. The van der Waals surface area contributed by atoms with Gasteiger partial charge in [0.05, 0.1) is 10.2 Å². The van der Waals surface area contributed by atoms with Crippen LogP contribution in [0.3, 0.4) is 0 Å². The number of nitrogens with zero attached hydrogens (tertiary/aromatic N) is 4. The second-order valence-electron chi connectivity index (χ2n) is 7.86. The third kappa shape index (κ3) is 2.58. The zero-order valence-electron chi connectivity index (χ0n) is 15.5. The number of rotatable bonds is 3. The van der Waals surface area contributed by atoms with E-state index in [2.05, 4.69) is 29.0 Å². The van der Waals surface area contributed by atoms with Gasteiger partial charge in [0.25, 0.3) is 0 Å². The lowest BCUT2D eigenvalue weighted by molar-refractivity contribution is 0.586. The van der Waals surface area contributed by atoms with Crippen molar-refractivity contribution in [3.8, 4) is 0 Å². The zero-order chi connectivity index (χ0) is 17.7. The fourth-order valence-electron chi connectivity index (χ4n) is 4.42. The quantitative estimate of drug-likeness (QED) is 0.769. The Bertz CT molecular complexity index is 971. The highest BCUT2D eigenvalue weighted by molar-refractivity contribution is 7.26. The average molecular weight is 368 g/mol. The molecule has 1 N–H and O–H groups in total. The van der Waals surface area contributed by atoms with Crippen LogP contribution in [0, 0.1) is 5.92 Å². The molecule has 0 spiro atoms. The molecule has 0 amide bonds. The first kappa shape index (κ1) is 16.4. The summed E-state index contributed by atoms with van der Waals surface area (Å²) < 4.78 is 1.22. The van der Waals surface area contributed by atoms with E-state index in [1.165, 1.54) is 39.7 Å². The highest BCUT2D eigenvalue weighted by Crippen LogP contribution is 2.42. The van der Waals surface area contributed by atoms with Gasteiger partial charge >= 0.3 is 0 Å². The zero-order valence-corrected chi connectivity index (χ0v) is 16.3. The number of aryl methyl sites for hydroxylation is 1. The molecule has 4 heterocycles. The number of aromatic nitrogens is 3. The molecule has 5 rings (SSSR count). The van der Waals surface area contributed by atoms with Gasteiger partial charge in [-0.2, -0.15) is 0 Å². The van der Waals surface area contributed by atoms with Crippen molar-refractivity contribution < 1.29 is 0 Å². The number of nitrogens with one attached hydrogen (secondary N) is 1. The van der Waals surface area contributed by atoms with Crippen LogP contribution in [0.25, 0.3) is 20.4 Å². The van der Waals surface area contributed by atoms with Gasteiger partial charge in [0.15, 0.2) is 0 Å². The van der Waals surface area contributed by atoms with Gasteiger partial charge < -0.3 is 10.2 Å². The van der Waals surface area contributed by atoms with E-state index in [0.717, 1.165) is 55.2 Å². The van der Waals surface area contributed by atoms with E-state index in [1.807, 2.05) is 0 Å². The lowest BCUT2D eigenvalue weighted by atomic mass is 9.99. The minimum absolute atomic E-state index is 0.634. The van der Waals surface area contributed by atoms with Gasteiger partial charge in [-0.3, -0.25) is 0 Å². The molecule has 0 atom stereocenters. The molecule has 0 radical (unpaired) electrons. The molecule has 26 heavy (non-hydrogen) atoms. The number of hydrogen-bond acceptors (Lipinski definition) is 6. The van der Waals surface area contributed by atoms with Crippen LogP contribution < -0.4 is 10.2 Å². The van der Waals surface area contributed by atoms with Crippen molar-refractivity contribution in [2.24, 2.45) is 5.92 Å². The summed E-state index contributed by atoms with van der Waals surface area (Å²) in [4.78, 5) is 18.1. The van der Waals surface area contributed by atoms with Crippen molar-refractivity contribution in [2.45, 2.75) is 39.5 Å². The standard InChI is InChI=1S/C20H25N5S/c1-12(2)10-15-13-4-3-5-14(13)16-17-18(26-20(16)24-15)19(23-11-22-17)25-8-6-21-7-9-25/h11-12,21H,3-10H2,1-2H3. The van der Waals surface area contributed by atoms with Gasteiger partial charge in [-0.1, -0.05) is 13.8 Å². The normalized spacial score (nSPS) is 17.6. The first-order chi connectivity index (χ1) is 12.7. The lowest BCUT2D eigenvalue weighted by Crippen LogP contribution is -2.43. The average Bonchev–Trinajstić information content (AvgIpc) is 3.25. The van der Waals surface area contributed by atoms with E-state index in [1.54, 1.807) is 17.7 Å².